The van der Waals surface area contributed by atoms with Crippen LogP contribution in [0.15, 0.2) is 0 Å². The zero-order valence-corrected chi connectivity index (χ0v) is 9.25. The van der Waals surface area contributed by atoms with Gasteiger partial charge in [0.2, 0.25) is 0 Å². The van der Waals surface area contributed by atoms with Crippen LogP contribution in [0.4, 0.5) is 0 Å². The van der Waals surface area contributed by atoms with Crippen LogP contribution in [0.25, 0.3) is 0 Å². The second-order valence-electron chi connectivity index (χ2n) is 4.05. The first-order valence-electron chi connectivity index (χ1n) is 5.54. The van der Waals surface area contributed by atoms with Gasteiger partial charge in [0.05, 0.1) is 12.2 Å². The molecule has 0 bridgehead atoms. The lowest BCUT2D eigenvalue weighted by molar-refractivity contribution is 0.0314. The van der Waals surface area contributed by atoms with Crippen LogP contribution in [0.1, 0.15) is 39.0 Å². The van der Waals surface area contributed by atoms with E-state index in [9.17, 15) is 0 Å². The van der Waals surface area contributed by atoms with E-state index in [1.807, 2.05) is 7.05 Å². The summed E-state index contributed by atoms with van der Waals surface area (Å²) in [6.07, 6.45) is 11.5. The first-order chi connectivity index (χ1) is 6.77. The Morgan fingerprint density at radius 2 is 2.36 bits per heavy atom. The third-order valence-electron chi connectivity index (χ3n) is 2.92. The summed E-state index contributed by atoms with van der Waals surface area (Å²) >= 11 is 0. The first-order valence-corrected chi connectivity index (χ1v) is 5.54. The second kappa shape index (κ2) is 6.06. The van der Waals surface area contributed by atoms with Gasteiger partial charge in [-0.1, -0.05) is 0 Å². The lowest BCUT2D eigenvalue weighted by Crippen LogP contribution is -2.37. The molecule has 3 unspecified atom stereocenters. The summed E-state index contributed by atoms with van der Waals surface area (Å²) in [5.41, 5.74) is 0. The Morgan fingerprint density at radius 1 is 1.57 bits per heavy atom. The Balaban J connectivity index is 2.27. The molecule has 1 fully saturated rings. The minimum atomic E-state index is 0.396. The molecule has 0 aromatic heterocycles. The van der Waals surface area contributed by atoms with Crippen LogP contribution in [-0.4, -0.2) is 25.3 Å². The molecule has 0 aromatic rings. The smallest absolute Gasteiger partial charge is 0.0732 e. The molecule has 0 radical (unpaired) electrons. The Bertz CT molecular complexity index is 197. The monoisotopic (exact) mass is 195 g/mol. The predicted octanol–water partition coefficient (Wildman–Crippen LogP) is 1.95. The molecule has 0 aromatic carbocycles. The highest BCUT2D eigenvalue weighted by atomic mass is 16.5. The van der Waals surface area contributed by atoms with E-state index in [-0.39, 0.29) is 0 Å². The summed E-state index contributed by atoms with van der Waals surface area (Å²) in [5, 5.41) is 3.33. The lowest BCUT2D eigenvalue weighted by atomic mass is 10.0. The average Bonchev–Trinajstić information content (AvgIpc) is 2.60. The van der Waals surface area contributed by atoms with Gasteiger partial charge in [-0.2, -0.15) is 0 Å². The lowest BCUT2D eigenvalue weighted by Gasteiger charge is -2.22. The molecule has 1 N–H and O–H groups in total. The van der Waals surface area contributed by atoms with Gasteiger partial charge in [-0.3, -0.25) is 0 Å². The molecular weight excluding hydrogens is 174 g/mol. The van der Waals surface area contributed by atoms with Gasteiger partial charge in [0.15, 0.2) is 0 Å². The zero-order chi connectivity index (χ0) is 10.4. The van der Waals surface area contributed by atoms with Crippen molar-refractivity contribution in [1.82, 2.24) is 5.32 Å². The van der Waals surface area contributed by atoms with Gasteiger partial charge >= 0.3 is 0 Å². The van der Waals surface area contributed by atoms with Gasteiger partial charge in [0.1, 0.15) is 0 Å². The summed E-state index contributed by atoms with van der Waals surface area (Å²) in [6, 6.07) is 0.480. The zero-order valence-electron chi connectivity index (χ0n) is 9.25. The average molecular weight is 195 g/mol. The molecule has 1 aliphatic rings. The molecular formula is C12H21NO. The van der Waals surface area contributed by atoms with Crippen molar-refractivity contribution in [2.24, 2.45) is 0 Å². The number of likely N-dealkylation sites (N-methyl/N-ethyl adjacent to an activating group) is 1. The van der Waals surface area contributed by atoms with Crippen molar-refractivity contribution in [1.29, 1.82) is 0 Å². The van der Waals surface area contributed by atoms with Crippen LogP contribution in [-0.2, 0) is 4.74 Å². The third-order valence-corrected chi connectivity index (χ3v) is 2.92. The van der Waals surface area contributed by atoms with Crippen LogP contribution in [0.2, 0.25) is 0 Å². The molecule has 2 nitrogen and oxygen atoms in total. The van der Waals surface area contributed by atoms with Crippen LogP contribution >= 0.6 is 0 Å². The molecule has 1 saturated heterocycles. The van der Waals surface area contributed by atoms with Gasteiger partial charge in [-0.15, -0.1) is 12.3 Å². The Morgan fingerprint density at radius 3 is 2.86 bits per heavy atom. The summed E-state index contributed by atoms with van der Waals surface area (Å²) in [6.45, 7) is 2.15. The minimum Gasteiger partial charge on any atom is -0.374 e. The van der Waals surface area contributed by atoms with Gasteiger partial charge in [0.25, 0.3) is 0 Å². The second-order valence-corrected chi connectivity index (χ2v) is 4.05. The Kier molecular flexibility index (Phi) is 5.00. The molecule has 80 valence electrons. The molecule has 0 amide bonds. The fraction of sp³-hybridized carbons (Fsp3) is 0.833. The molecule has 1 heterocycles. The van der Waals surface area contributed by atoms with Gasteiger partial charge < -0.3 is 10.1 Å². The Hall–Kier alpha value is -0.520. The van der Waals surface area contributed by atoms with E-state index in [4.69, 9.17) is 11.2 Å². The predicted molar refractivity (Wildman–Crippen MR) is 59.1 cm³/mol. The van der Waals surface area contributed by atoms with Crippen molar-refractivity contribution in [2.45, 2.75) is 57.3 Å². The standard InChI is InChI=1S/C12H21NO/c1-4-5-6-7-11(13-3)12-9-8-10(2)14-12/h1,10-13H,5-9H2,2-3H3. The summed E-state index contributed by atoms with van der Waals surface area (Å²) in [4.78, 5) is 0. The molecule has 1 aliphatic heterocycles. The van der Waals surface area contributed by atoms with Crippen molar-refractivity contribution < 1.29 is 4.74 Å². The van der Waals surface area contributed by atoms with E-state index in [0.717, 1.165) is 19.3 Å². The van der Waals surface area contributed by atoms with E-state index in [2.05, 4.69) is 18.2 Å². The van der Waals surface area contributed by atoms with Crippen LogP contribution in [0.3, 0.4) is 0 Å². The van der Waals surface area contributed by atoms with Crippen molar-refractivity contribution in [3.05, 3.63) is 0 Å². The summed E-state index contributed by atoms with van der Waals surface area (Å²) in [5.74, 6) is 2.68. The van der Waals surface area contributed by atoms with Crippen LogP contribution < -0.4 is 5.32 Å². The summed E-state index contributed by atoms with van der Waals surface area (Å²) < 4.78 is 5.83. The van der Waals surface area contributed by atoms with Crippen molar-refractivity contribution in [2.75, 3.05) is 7.05 Å². The fourth-order valence-corrected chi connectivity index (χ4v) is 2.07. The quantitative estimate of drug-likeness (QED) is 0.535. The molecule has 2 heteroatoms. The maximum atomic E-state index is 5.83. The van der Waals surface area contributed by atoms with Gasteiger partial charge in [-0.05, 0) is 39.7 Å². The molecule has 0 spiro atoms. The normalized spacial score (nSPS) is 28.6. The van der Waals surface area contributed by atoms with E-state index in [0.29, 0.717) is 18.2 Å². The number of ether oxygens (including phenoxy) is 1. The minimum absolute atomic E-state index is 0.396. The van der Waals surface area contributed by atoms with E-state index in [1.165, 1.54) is 12.8 Å². The molecule has 1 rings (SSSR count). The van der Waals surface area contributed by atoms with Crippen molar-refractivity contribution >= 4 is 0 Å². The van der Waals surface area contributed by atoms with E-state index >= 15 is 0 Å². The topological polar surface area (TPSA) is 21.3 Å². The first kappa shape index (κ1) is 11.6. The summed E-state index contributed by atoms with van der Waals surface area (Å²) in [7, 11) is 2.01. The maximum absolute atomic E-state index is 5.83. The number of hydrogen-bond donors (Lipinski definition) is 1. The highest BCUT2D eigenvalue weighted by Crippen LogP contribution is 2.23. The Labute approximate surface area is 87.4 Å². The van der Waals surface area contributed by atoms with Crippen molar-refractivity contribution in [3.63, 3.8) is 0 Å². The van der Waals surface area contributed by atoms with E-state index in [1.54, 1.807) is 0 Å². The van der Waals surface area contributed by atoms with Crippen molar-refractivity contribution in [3.8, 4) is 12.3 Å². The number of terminal acetylenes is 1. The SMILES string of the molecule is C#CCCCC(NC)C1CCC(C)O1. The molecule has 3 atom stereocenters. The van der Waals surface area contributed by atoms with Gasteiger partial charge in [-0.25, -0.2) is 0 Å². The number of hydrogen-bond acceptors (Lipinski definition) is 2. The number of unbranched alkanes of at least 4 members (excludes halogenated alkanes) is 1. The molecule has 0 saturated carbocycles. The van der Waals surface area contributed by atoms with Gasteiger partial charge in [0, 0.05) is 12.5 Å². The fourth-order valence-electron chi connectivity index (χ4n) is 2.07. The van der Waals surface area contributed by atoms with Crippen LogP contribution in [0.5, 0.6) is 0 Å². The maximum Gasteiger partial charge on any atom is 0.0732 e. The third kappa shape index (κ3) is 3.32. The molecule has 0 aliphatic carbocycles. The number of nitrogens with one attached hydrogen (secondary N) is 1. The highest BCUT2D eigenvalue weighted by Gasteiger charge is 2.27. The highest BCUT2D eigenvalue weighted by molar-refractivity contribution is 4.86. The van der Waals surface area contributed by atoms with Crippen LogP contribution in [0, 0.1) is 12.3 Å². The largest absolute Gasteiger partial charge is 0.374 e. The molecule has 14 heavy (non-hydrogen) atoms. The van der Waals surface area contributed by atoms with E-state index < -0.39 is 0 Å². The number of rotatable bonds is 5.